The summed E-state index contributed by atoms with van der Waals surface area (Å²) >= 11 is 0. The first-order chi connectivity index (χ1) is 12.7. The van der Waals surface area contributed by atoms with Crippen LogP contribution in [-0.2, 0) is 20.6 Å². The summed E-state index contributed by atoms with van der Waals surface area (Å²) in [6.07, 6.45) is 0. The first-order valence-electron chi connectivity index (χ1n) is 9.09. The quantitative estimate of drug-likeness (QED) is 0.649. The summed E-state index contributed by atoms with van der Waals surface area (Å²) in [4.78, 5) is 11.9. The number of para-hydroxylation sites is 1. The van der Waals surface area contributed by atoms with E-state index in [4.69, 9.17) is 14.0 Å². The average Bonchev–Trinajstić information content (AvgIpc) is 2.87. The Kier molecular flexibility index (Phi) is 5.31. The molecule has 2 aromatic rings. The maximum Gasteiger partial charge on any atom is 0.494 e. The Hall–Kier alpha value is -2.31. The van der Waals surface area contributed by atoms with E-state index in [2.05, 4.69) is 5.32 Å². The van der Waals surface area contributed by atoms with Gasteiger partial charge in [-0.2, -0.15) is 0 Å². The SMILES string of the molecule is COC(=O)c1ccccc1NCc1ccc(B2OC(C)(C)C(C)(C)O2)cc1. The summed E-state index contributed by atoms with van der Waals surface area (Å²) in [7, 11) is 1.02. The monoisotopic (exact) mass is 367 g/mol. The van der Waals surface area contributed by atoms with Crippen molar-refractivity contribution < 1.29 is 18.8 Å². The molecule has 0 saturated carbocycles. The van der Waals surface area contributed by atoms with Crippen molar-refractivity contribution in [2.45, 2.75) is 45.4 Å². The fraction of sp³-hybridized carbons (Fsp3) is 0.381. The van der Waals surface area contributed by atoms with Crippen LogP contribution in [-0.4, -0.2) is 31.4 Å². The van der Waals surface area contributed by atoms with Gasteiger partial charge in [-0.3, -0.25) is 0 Å². The highest BCUT2D eigenvalue weighted by atomic mass is 16.7. The predicted molar refractivity (Wildman–Crippen MR) is 107 cm³/mol. The van der Waals surface area contributed by atoms with Crippen LogP contribution >= 0.6 is 0 Å². The lowest BCUT2D eigenvalue weighted by Gasteiger charge is -2.32. The third-order valence-electron chi connectivity index (χ3n) is 5.32. The van der Waals surface area contributed by atoms with Gasteiger partial charge in [0.1, 0.15) is 0 Å². The third kappa shape index (κ3) is 4.02. The standard InChI is InChI=1S/C21H26BNO4/c1-20(2)21(3,4)27-22(26-20)16-12-10-15(11-13-16)14-23-18-9-7-6-8-17(18)19(24)25-5/h6-13,23H,14H2,1-5H3. The van der Waals surface area contributed by atoms with E-state index in [1.807, 2.05) is 70.2 Å². The van der Waals surface area contributed by atoms with Crippen molar-refractivity contribution in [3.8, 4) is 0 Å². The van der Waals surface area contributed by atoms with Gasteiger partial charge < -0.3 is 19.4 Å². The predicted octanol–water partition coefficient (Wildman–Crippen LogP) is 3.38. The van der Waals surface area contributed by atoms with Crippen LogP contribution in [0.4, 0.5) is 5.69 Å². The van der Waals surface area contributed by atoms with Crippen molar-refractivity contribution in [3.05, 3.63) is 59.7 Å². The molecule has 0 spiro atoms. The van der Waals surface area contributed by atoms with E-state index < -0.39 is 0 Å². The van der Waals surface area contributed by atoms with E-state index in [0.717, 1.165) is 16.7 Å². The van der Waals surface area contributed by atoms with Crippen molar-refractivity contribution in [1.82, 2.24) is 0 Å². The topological polar surface area (TPSA) is 56.8 Å². The number of carbonyl (C=O) groups excluding carboxylic acids is 1. The van der Waals surface area contributed by atoms with Gasteiger partial charge in [-0.15, -0.1) is 0 Å². The Morgan fingerprint density at radius 1 is 1.00 bits per heavy atom. The van der Waals surface area contributed by atoms with Gasteiger partial charge in [0.25, 0.3) is 0 Å². The van der Waals surface area contributed by atoms with Gasteiger partial charge in [0.15, 0.2) is 0 Å². The number of ether oxygens (including phenoxy) is 1. The fourth-order valence-electron chi connectivity index (χ4n) is 2.89. The minimum absolute atomic E-state index is 0.352. The van der Waals surface area contributed by atoms with Crippen LogP contribution in [0.15, 0.2) is 48.5 Å². The van der Waals surface area contributed by atoms with Crippen LogP contribution < -0.4 is 10.8 Å². The number of esters is 1. The van der Waals surface area contributed by atoms with Gasteiger partial charge in [0, 0.05) is 12.2 Å². The summed E-state index contributed by atoms with van der Waals surface area (Å²) in [5.41, 5.74) is 2.65. The molecule has 0 amide bonds. The first-order valence-corrected chi connectivity index (χ1v) is 9.09. The molecule has 1 N–H and O–H groups in total. The molecule has 0 radical (unpaired) electrons. The third-order valence-corrected chi connectivity index (χ3v) is 5.32. The first kappa shape index (κ1) is 19.5. The van der Waals surface area contributed by atoms with Crippen LogP contribution in [0.2, 0.25) is 0 Å². The lowest BCUT2D eigenvalue weighted by molar-refractivity contribution is 0.00578. The second-order valence-corrected chi connectivity index (χ2v) is 7.72. The highest BCUT2D eigenvalue weighted by Crippen LogP contribution is 2.36. The van der Waals surface area contributed by atoms with Crippen molar-refractivity contribution in [1.29, 1.82) is 0 Å². The van der Waals surface area contributed by atoms with Gasteiger partial charge in [0.2, 0.25) is 0 Å². The normalized spacial score (nSPS) is 17.6. The molecular weight excluding hydrogens is 341 g/mol. The fourth-order valence-corrected chi connectivity index (χ4v) is 2.89. The molecule has 1 saturated heterocycles. The number of rotatable bonds is 5. The summed E-state index contributed by atoms with van der Waals surface area (Å²) in [6.45, 7) is 8.78. The number of anilines is 1. The Morgan fingerprint density at radius 2 is 1.59 bits per heavy atom. The largest absolute Gasteiger partial charge is 0.494 e. The number of methoxy groups -OCH3 is 1. The van der Waals surface area contributed by atoms with Crippen molar-refractivity contribution in [3.63, 3.8) is 0 Å². The Bertz CT molecular complexity index is 801. The van der Waals surface area contributed by atoms with Crippen molar-refractivity contribution >= 4 is 24.2 Å². The van der Waals surface area contributed by atoms with Crippen LogP contribution in [0.5, 0.6) is 0 Å². The molecular formula is C21H26BNO4. The van der Waals surface area contributed by atoms with Gasteiger partial charge in [0.05, 0.1) is 23.9 Å². The van der Waals surface area contributed by atoms with Gasteiger partial charge in [-0.1, -0.05) is 36.4 Å². The molecule has 1 aliphatic rings. The van der Waals surface area contributed by atoms with E-state index >= 15 is 0 Å². The Morgan fingerprint density at radius 3 is 2.19 bits per heavy atom. The van der Waals surface area contributed by atoms with Gasteiger partial charge in [-0.05, 0) is 50.9 Å². The zero-order chi connectivity index (χ0) is 19.7. The molecule has 1 heterocycles. The second kappa shape index (κ2) is 7.37. The maximum atomic E-state index is 11.9. The van der Waals surface area contributed by atoms with E-state index in [-0.39, 0.29) is 24.3 Å². The highest BCUT2D eigenvalue weighted by Gasteiger charge is 2.51. The molecule has 0 aliphatic carbocycles. The molecule has 1 fully saturated rings. The van der Waals surface area contributed by atoms with E-state index in [0.29, 0.717) is 12.1 Å². The smallest absolute Gasteiger partial charge is 0.465 e. The molecule has 6 heteroatoms. The number of carbonyl (C=O) groups is 1. The highest BCUT2D eigenvalue weighted by molar-refractivity contribution is 6.62. The molecule has 3 rings (SSSR count). The average molecular weight is 367 g/mol. The molecule has 0 aromatic heterocycles. The molecule has 0 bridgehead atoms. The molecule has 27 heavy (non-hydrogen) atoms. The number of hydrogen-bond donors (Lipinski definition) is 1. The zero-order valence-corrected chi connectivity index (χ0v) is 16.5. The minimum Gasteiger partial charge on any atom is -0.465 e. The van der Waals surface area contributed by atoms with Gasteiger partial charge in [-0.25, -0.2) is 4.79 Å². The van der Waals surface area contributed by atoms with E-state index in [1.54, 1.807) is 6.07 Å². The molecule has 142 valence electrons. The Labute approximate surface area is 161 Å². The molecule has 5 nitrogen and oxygen atoms in total. The van der Waals surface area contributed by atoms with Crippen LogP contribution in [0.25, 0.3) is 0 Å². The summed E-state index contributed by atoms with van der Waals surface area (Å²) in [6, 6.07) is 15.4. The summed E-state index contributed by atoms with van der Waals surface area (Å²) in [5.74, 6) is -0.353. The number of nitrogens with one attached hydrogen (secondary N) is 1. The minimum atomic E-state index is -0.364. The zero-order valence-electron chi connectivity index (χ0n) is 16.5. The summed E-state index contributed by atoms with van der Waals surface area (Å²) < 4.78 is 17.0. The summed E-state index contributed by atoms with van der Waals surface area (Å²) in [5, 5.41) is 3.30. The lowest BCUT2D eigenvalue weighted by atomic mass is 9.79. The molecule has 1 aliphatic heterocycles. The second-order valence-electron chi connectivity index (χ2n) is 7.72. The van der Waals surface area contributed by atoms with Crippen LogP contribution in [0, 0.1) is 0 Å². The maximum absolute atomic E-state index is 11.9. The molecule has 0 atom stereocenters. The van der Waals surface area contributed by atoms with Crippen molar-refractivity contribution in [2.24, 2.45) is 0 Å². The Balaban J connectivity index is 1.67. The van der Waals surface area contributed by atoms with E-state index in [1.165, 1.54) is 7.11 Å². The van der Waals surface area contributed by atoms with E-state index in [9.17, 15) is 4.79 Å². The van der Waals surface area contributed by atoms with Crippen LogP contribution in [0.1, 0.15) is 43.6 Å². The van der Waals surface area contributed by atoms with Gasteiger partial charge >= 0.3 is 13.1 Å². The van der Waals surface area contributed by atoms with Crippen molar-refractivity contribution in [2.75, 3.05) is 12.4 Å². The number of benzene rings is 2. The number of hydrogen-bond acceptors (Lipinski definition) is 5. The van der Waals surface area contributed by atoms with Crippen LogP contribution in [0.3, 0.4) is 0 Å². The molecule has 0 unspecified atom stereocenters. The lowest BCUT2D eigenvalue weighted by Crippen LogP contribution is -2.41. The molecule has 2 aromatic carbocycles.